The highest BCUT2D eigenvalue weighted by Crippen LogP contribution is 2.20. The number of anilines is 1. The van der Waals surface area contributed by atoms with Gasteiger partial charge in [0.1, 0.15) is 0 Å². The maximum absolute atomic E-state index is 12.0. The molecule has 1 aromatic heterocycles. The van der Waals surface area contributed by atoms with E-state index in [9.17, 15) is 9.59 Å². The lowest BCUT2D eigenvalue weighted by Gasteiger charge is -2.07. The van der Waals surface area contributed by atoms with Crippen LogP contribution >= 0.6 is 15.9 Å². The fourth-order valence-corrected chi connectivity index (χ4v) is 1.98. The van der Waals surface area contributed by atoms with Gasteiger partial charge in [0.05, 0.1) is 5.56 Å². The first kappa shape index (κ1) is 13.5. The van der Waals surface area contributed by atoms with Crippen molar-refractivity contribution in [1.82, 2.24) is 4.57 Å². The Morgan fingerprint density at radius 2 is 2.00 bits per heavy atom. The normalized spacial score (nSPS) is 10.3. The van der Waals surface area contributed by atoms with E-state index in [1.807, 2.05) is 25.1 Å². The zero-order valence-corrected chi connectivity index (χ0v) is 12.2. The standard InChI is InChI=1S/C14H13BrN2O2/c1-9-3-5-11(7-12(9)15)16-14(19)10-4-6-13(18)17(2)8-10/h3-8H,1-2H3,(H,16,19). The average Bonchev–Trinajstić information content (AvgIpc) is 2.37. The van der Waals surface area contributed by atoms with Gasteiger partial charge in [-0.2, -0.15) is 0 Å². The molecule has 0 aliphatic rings. The summed E-state index contributed by atoms with van der Waals surface area (Å²) in [4.78, 5) is 23.3. The van der Waals surface area contributed by atoms with E-state index < -0.39 is 0 Å². The molecule has 1 heterocycles. The van der Waals surface area contributed by atoms with Crippen LogP contribution in [0.4, 0.5) is 5.69 Å². The fourth-order valence-electron chi connectivity index (χ4n) is 1.60. The minimum absolute atomic E-state index is 0.144. The average molecular weight is 321 g/mol. The van der Waals surface area contributed by atoms with Crippen molar-refractivity contribution in [1.29, 1.82) is 0 Å². The van der Waals surface area contributed by atoms with Gasteiger partial charge in [-0.25, -0.2) is 0 Å². The number of hydrogen-bond acceptors (Lipinski definition) is 2. The molecular weight excluding hydrogens is 308 g/mol. The Labute approximate surface area is 119 Å². The second-order valence-electron chi connectivity index (χ2n) is 4.29. The highest BCUT2D eigenvalue weighted by atomic mass is 79.9. The molecule has 0 radical (unpaired) electrons. The van der Waals surface area contributed by atoms with Crippen LogP contribution in [0, 0.1) is 6.92 Å². The molecule has 2 rings (SSSR count). The molecular formula is C14H13BrN2O2. The summed E-state index contributed by atoms with van der Waals surface area (Å²) >= 11 is 3.42. The van der Waals surface area contributed by atoms with E-state index in [0.29, 0.717) is 11.3 Å². The molecule has 0 saturated heterocycles. The van der Waals surface area contributed by atoms with Crippen LogP contribution in [-0.2, 0) is 7.05 Å². The molecule has 0 aliphatic heterocycles. The van der Waals surface area contributed by atoms with E-state index in [4.69, 9.17) is 0 Å². The third-order valence-electron chi connectivity index (χ3n) is 2.78. The van der Waals surface area contributed by atoms with Crippen molar-refractivity contribution in [2.75, 3.05) is 5.32 Å². The Kier molecular flexibility index (Phi) is 3.85. The van der Waals surface area contributed by atoms with Gasteiger partial charge in [0.15, 0.2) is 0 Å². The first-order chi connectivity index (χ1) is 8.97. The first-order valence-electron chi connectivity index (χ1n) is 5.71. The van der Waals surface area contributed by atoms with E-state index in [0.717, 1.165) is 10.0 Å². The van der Waals surface area contributed by atoms with Crippen molar-refractivity contribution in [3.8, 4) is 0 Å². The summed E-state index contributed by atoms with van der Waals surface area (Å²) in [5.74, 6) is -0.244. The summed E-state index contributed by atoms with van der Waals surface area (Å²) < 4.78 is 2.31. The highest BCUT2D eigenvalue weighted by Gasteiger charge is 2.07. The molecule has 1 N–H and O–H groups in total. The van der Waals surface area contributed by atoms with Gasteiger partial charge >= 0.3 is 0 Å². The number of carbonyl (C=O) groups is 1. The number of hydrogen-bond donors (Lipinski definition) is 1. The van der Waals surface area contributed by atoms with Gasteiger partial charge in [0.2, 0.25) is 5.56 Å². The number of carbonyl (C=O) groups excluding carboxylic acids is 1. The molecule has 0 saturated carbocycles. The Balaban J connectivity index is 2.22. The predicted molar refractivity (Wildman–Crippen MR) is 78.5 cm³/mol. The van der Waals surface area contributed by atoms with Crippen LogP contribution in [0.5, 0.6) is 0 Å². The van der Waals surface area contributed by atoms with Gasteiger partial charge < -0.3 is 9.88 Å². The fraction of sp³-hybridized carbons (Fsp3) is 0.143. The number of halogens is 1. The molecule has 0 aliphatic carbocycles. The number of aromatic nitrogens is 1. The molecule has 98 valence electrons. The van der Waals surface area contributed by atoms with Gasteiger partial charge in [-0.3, -0.25) is 9.59 Å². The van der Waals surface area contributed by atoms with Gasteiger partial charge in [0, 0.05) is 29.5 Å². The van der Waals surface area contributed by atoms with Crippen LogP contribution < -0.4 is 10.9 Å². The molecule has 0 bridgehead atoms. The molecule has 2 aromatic rings. The molecule has 1 amide bonds. The summed E-state index contributed by atoms with van der Waals surface area (Å²) in [6.07, 6.45) is 1.51. The SMILES string of the molecule is Cc1ccc(NC(=O)c2ccc(=O)n(C)c2)cc1Br. The van der Waals surface area contributed by atoms with E-state index in [-0.39, 0.29) is 11.5 Å². The van der Waals surface area contributed by atoms with Gasteiger partial charge in [0.25, 0.3) is 5.91 Å². The Hall–Kier alpha value is -1.88. The second-order valence-corrected chi connectivity index (χ2v) is 5.14. The number of nitrogens with one attached hydrogen (secondary N) is 1. The second kappa shape index (κ2) is 5.40. The van der Waals surface area contributed by atoms with E-state index in [1.54, 1.807) is 7.05 Å². The summed E-state index contributed by atoms with van der Waals surface area (Å²) in [6, 6.07) is 8.48. The molecule has 19 heavy (non-hydrogen) atoms. The maximum Gasteiger partial charge on any atom is 0.257 e. The minimum Gasteiger partial charge on any atom is -0.322 e. The number of pyridine rings is 1. The van der Waals surface area contributed by atoms with Crippen LogP contribution in [0.15, 0.2) is 45.8 Å². The van der Waals surface area contributed by atoms with Crippen LogP contribution in [0.2, 0.25) is 0 Å². The quantitative estimate of drug-likeness (QED) is 0.925. The monoisotopic (exact) mass is 320 g/mol. The van der Waals surface area contributed by atoms with E-state index >= 15 is 0 Å². The lowest BCUT2D eigenvalue weighted by atomic mass is 10.2. The molecule has 1 aromatic carbocycles. The molecule has 0 spiro atoms. The van der Waals surface area contributed by atoms with Crippen molar-refractivity contribution >= 4 is 27.5 Å². The Morgan fingerprint density at radius 1 is 1.26 bits per heavy atom. The summed E-state index contributed by atoms with van der Waals surface area (Å²) in [7, 11) is 1.61. The zero-order chi connectivity index (χ0) is 14.0. The Bertz CT molecular complexity index is 692. The molecule has 0 atom stereocenters. The van der Waals surface area contributed by atoms with Gasteiger partial charge in [-0.15, -0.1) is 0 Å². The van der Waals surface area contributed by atoms with Gasteiger partial charge in [-0.05, 0) is 30.7 Å². The van der Waals surface area contributed by atoms with Crippen molar-refractivity contribution in [3.05, 3.63) is 62.5 Å². The third kappa shape index (κ3) is 3.12. The summed E-state index contributed by atoms with van der Waals surface area (Å²) in [5.41, 5.74) is 2.10. The molecule has 0 fully saturated rings. The van der Waals surface area contributed by atoms with Gasteiger partial charge in [-0.1, -0.05) is 22.0 Å². The lowest BCUT2D eigenvalue weighted by molar-refractivity contribution is 0.102. The molecule has 4 nitrogen and oxygen atoms in total. The topological polar surface area (TPSA) is 51.1 Å². The zero-order valence-electron chi connectivity index (χ0n) is 10.6. The summed E-state index contributed by atoms with van der Waals surface area (Å²) in [5, 5.41) is 2.79. The number of rotatable bonds is 2. The van der Waals surface area contributed by atoms with Crippen molar-refractivity contribution < 1.29 is 4.79 Å². The van der Waals surface area contributed by atoms with E-state index in [2.05, 4.69) is 21.2 Å². The lowest BCUT2D eigenvalue weighted by Crippen LogP contribution is -2.19. The number of benzene rings is 1. The largest absolute Gasteiger partial charge is 0.322 e. The third-order valence-corrected chi connectivity index (χ3v) is 3.63. The predicted octanol–water partition coefficient (Wildman–Crippen LogP) is 2.71. The smallest absolute Gasteiger partial charge is 0.257 e. The van der Waals surface area contributed by atoms with Crippen molar-refractivity contribution in [2.45, 2.75) is 6.92 Å². The summed E-state index contributed by atoms with van der Waals surface area (Å²) in [6.45, 7) is 1.97. The maximum atomic E-state index is 12.0. The Morgan fingerprint density at radius 3 is 2.63 bits per heavy atom. The van der Waals surface area contributed by atoms with Crippen LogP contribution in [0.25, 0.3) is 0 Å². The minimum atomic E-state index is -0.244. The molecule has 5 heteroatoms. The molecule has 0 unspecified atom stereocenters. The number of aryl methyl sites for hydroxylation is 2. The van der Waals surface area contributed by atoms with Crippen LogP contribution in [0.1, 0.15) is 15.9 Å². The first-order valence-corrected chi connectivity index (χ1v) is 6.51. The highest BCUT2D eigenvalue weighted by molar-refractivity contribution is 9.10. The number of amides is 1. The van der Waals surface area contributed by atoms with Crippen LogP contribution in [-0.4, -0.2) is 10.5 Å². The number of nitrogens with zero attached hydrogens (tertiary/aromatic N) is 1. The van der Waals surface area contributed by atoms with Crippen molar-refractivity contribution in [3.63, 3.8) is 0 Å². The van der Waals surface area contributed by atoms with E-state index in [1.165, 1.54) is 22.9 Å². The van der Waals surface area contributed by atoms with Crippen molar-refractivity contribution in [2.24, 2.45) is 7.05 Å². The van der Waals surface area contributed by atoms with Crippen LogP contribution in [0.3, 0.4) is 0 Å².